The Labute approximate surface area is 167 Å². The molecule has 28 heavy (non-hydrogen) atoms. The van der Waals surface area contributed by atoms with Gasteiger partial charge in [-0.3, -0.25) is 14.5 Å². The first-order valence-corrected chi connectivity index (χ1v) is 9.64. The third kappa shape index (κ3) is 4.67. The average molecular weight is 397 g/mol. The SMILES string of the molecule is C=CCN1C(=O)[C@H](CC(=O)Nc2ccccc2F)SC1=Nc1ccc(C)cc1. The Morgan fingerprint density at radius 1 is 1.29 bits per heavy atom. The van der Waals surface area contributed by atoms with Gasteiger partial charge in [-0.15, -0.1) is 6.58 Å². The van der Waals surface area contributed by atoms with Gasteiger partial charge >= 0.3 is 0 Å². The van der Waals surface area contributed by atoms with Crippen molar-refractivity contribution in [3.63, 3.8) is 0 Å². The Morgan fingerprint density at radius 2 is 2.00 bits per heavy atom. The molecule has 2 aromatic carbocycles. The molecular weight excluding hydrogens is 377 g/mol. The summed E-state index contributed by atoms with van der Waals surface area (Å²) in [5.74, 6) is -1.15. The number of halogens is 1. The van der Waals surface area contributed by atoms with Crippen LogP contribution in [0.1, 0.15) is 12.0 Å². The quantitative estimate of drug-likeness (QED) is 0.740. The molecule has 2 amide bonds. The van der Waals surface area contributed by atoms with Crippen LogP contribution in [-0.4, -0.2) is 33.7 Å². The van der Waals surface area contributed by atoms with E-state index in [1.54, 1.807) is 18.2 Å². The van der Waals surface area contributed by atoms with Gasteiger partial charge in [-0.1, -0.05) is 47.7 Å². The van der Waals surface area contributed by atoms with Gasteiger partial charge in [-0.05, 0) is 31.2 Å². The molecule has 1 N–H and O–H groups in total. The zero-order valence-electron chi connectivity index (χ0n) is 15.4. The molecule has 0 aromatic heterocycles. The highest BCUT2D eigenvalue weighted by Crippen LogP contribution is 2.32. The first-order chi connectivity index (χ1) is 13.5. The van der Waals surface area contributed by atoms with E-state index in [-0.39, 0.29) is 18.0 Å². The van der Waals surface area contributed by atoms with E-state index in [0.29, 0.717) is 11.7 Å². The first-order valence-electron chi connectivity index (χ1n) is 8.76. The molecule has 1 saturated heterocycles. The lowest BCUT2D eigenvalue weighted by molar-refractivity contribution is -0.127. The summed E-state index contributed by atoms with van der Waals surface area (Å²) >= 11 is 1.23. The number of carbonyl (C=O) groups is 2. The molecule has 0 saturated carbocycles. The zero-order chi connectivity index (χ0) is 20.1. The predicted molar refractivity (Wildman–Crippen MR) is 111 cm³/mol. The Morgan fingerprint density at radius 3 is 2.68 bits per heavy atom. The van der Waals surface area contributed by atoms with Crippen molar-refractivity contribution in [3.8, 4) is 0 Å². The van der Waals surface area contributed by atoms with E-state index < -0.39 is 17.0 Å². The fourth-order valence-corrected chi connectivity index (χ4v) is 3.85. The number of amidine groups is 1. The van der Waals surface area contributed by atoms with E-state index in [9.17, 15) is 14.0 Å². The summed E-state index contributed by atoms with van der Waals surface area (Å²) in [4.78, 5) is 31.1. The molecule has 1 aliphatic rings. The Bertz CT molecular complexity index is 928. The van der Waals surface area contributed by atoms with Crippen LogP contribution in [0.15, 0.2) is 66.2 Å². The van der Waals surface area contributed by atoms with Crippen LogP contribution in [0.4, 0.5) is 15.8 Å². The summed E-state index contributed by atoms with van der Waals surface area (Å²) in [6.07, 6.45) is 1.54. The van der Waals surface area contributed by atoms with E-state index in [2.05, 4.69) is 16.9 Å². The maximum Gasteiger partial charge on any atom is 0.242 e. The number of nitrogens with one attached hydrogen (secondary N) is 1. The lowest BCUT2D eigenvalue weighted by Gasteiger charge is -2.13. The maximum absolute atomic E-state index is 13.7. The smallest absolute Gasteiger partial charge is 0.242 e. The number of amides is 2. The number of anilines is 1. The van der Waals surface area contributed by atoms with Crippen molar-refractivity contribution in [2.45, 2.75) is 18.6 Å². The number of aliphatic imine (C=N–C) groups is 1. The molecule has 1 atom stereocenters. The van der Waals surface area contributed by atoms with Gasteiger partial charge in [0.25, 0.3) is 0 Å². The van der Waals surface area contributed by atoms with E-state index in [1.807, 2.05) is 31.2 Å². The number of nitrogens with zero attached hydrogens (tertiary/aromatic N) is 2. The van der Waals surface area contributed by atoms with Gasteiger partial charge < -0.3 is 5.32 Å². The van der Waals surface area contributed by atoms with Crippen molar-refractivity contribution in [1.29, 1.82) is 0 Å². The standard InChI is InChI=1S/C21H20FN3O2S/c1-3-12-25-20(27)18(13-19(26)24-17-7-5-4-6-16(17)22)28-21(25)23-15-10-8-14(2)9-11-15/h3-11,18H,1,12-13H2,2H3,(H,24,26)/t18-/m0/s1. The van der Waals surface area contributed by atoms with Gasteiger partial charge in [0, 0.05) is 13.0 Å². The van der Waals surface area contributed by atoms with Crippen LogP contribution in [-0.2, 0) is 9.59 Å². The molecule has 7 heteroatoms. The van der Waals surface area contributed by atoms with Crippen LogP contribution in [0.5, 0.6) is 0 Å². The van der Waals surface area contributed by atoms with Gasteiger partial charge in [0.05, 0.1) is 11.4 Å². The molecule has 144 valence electrons. The second-order valence-corrected chi connectivity index (χ2v) is 7.48. The summed E-state index contributed by atoms with van der Waals surface area (Å²) in [7, 11) is 0. The molecule has 0 bridgehead atoms. The minimum atomic E-state index is -0.615. The summed E-state index contributed by atoms with van der Waals surface area (Å²) in [5.41, 5.74) is 1.94. The zero-order valence-corrected chi connectivity index (χ0v) is 16.2. The van der Waals surface area contributed by atoms with Crippen molar-refractivity contribution < 1.29 is 14.0 Å². The van der Waals surface area contributed by atoms with E-state index >= 15 is 0 Å². The monoisotopic (exact) mass is 397 g/mol. The fourth-order valence-electron chi connectivity index (χ4n) is 2.68. The van der Waals surface area contributed by atoms with Crippen LogP contribution < -0.4 is 5.32 Å². The van der Waals surface area contributed by atoms with E-state index in [4.69, 9.17) is 0 Å². The predicted octanol–water partition coefficient (Wildman–Crippen LogP) is 4.28. The summed E-state index contributed by atoms with van der Waals surface area (Å²) < 4.78 is 13.7. The molecule has 1 aliphatic heterocycles. The number of benzene rings is 2. The molecule has 3 rings (SSSR count). The number of aryl methyl sites for hydroxylation is 1. The van der Waals surface area contributed by atoms with Crippen molar-refractivity contribution in [2.75, 3.05) is 11.9 Å². The van der Waals surface area contributed by atoms with E-state index in [1.165, 1.54) is 28.8 Å². The Hall–Kier alpha value is -2.93. The normalized spacial score (nSPS) is 17.8. The van der Waals surface area contributed by atoms with Crippen LogP contribution in [0, 0.1) is 12.7 Å². The van der Waals surface area contributed by atoms with Gasteiger partial charge in [-0.2, -0.15) is 0 Å². The Balaban J connectivity index is 1.74. The number of rotatable bonds is 6. The maximum atomic E-state index is 13.7. The summed E-state index contributed by atoms with van der Waals surface area (Å²) in [5, 5.41) is 2.43. The van der Waals surface area contributed by atoms with Crippen molar-refractivity contribution in [3.05, 3.63) is 72.6 Å². The molecule has 2 aromatic rings. The third-order valence-corrected chi connectivity index (χ3v) is 5.28. The lowest BCUT2D eigenvalue weighted by Crippen LogP contribution is -2.33. The summed E-state index contributed by atoms with van der Waals surface area (Å²) in [6.45, 7) is 5.98. The highest BCUT2D eigenvalue weighted by atomic mass is 32.2. The minimum Gasteiger partial charge on any atom is -0.324 e. The minimum absolute atomic E-state index is 0.0710. The summed E-state index contributed by atoms with van der Waals surface area (Å²) in [6, 6.07) is 13.5. The number of para-hydroxylation sites is 1. The highest BCUT2D eigenvalue weighted by molar-refractivity contribution is 8.15. The Kier molecular flexibility index (Phi) is 6.26. The molecule has 0 aliphatic carbocycles. The van der Waals surface area contributed by atoms with Gasteiger partial charge in [0.15, 0.2) is 5.17 Å². The number of hydrogen-bond acceptors (Lipinski definition) is 4. The van der Waals surface area contributed by atoms with Crippen LogP contribution in [0.2, 0.25) is 0 Å². The number of hydrogen-bond donors (Lipinski definition) is 1. The molecule has 0 unspecified atom stereocenters. The van der Waals surface area contributed by atoms with Crippen LogP contribution in [0.25, 0.3) is 0 Å². The third-order valence-electron chi connectivity index (χ3n) is 4.11. The van der Waals surface area contributed by atoms with Gasteiger partial charge in [-0.25, -0.2) is 9.38 Å². The molecule has 0 radical (unpaired) electrons. The average Bonchev–Trinajstić information content (AvgIpc) is 2.94. The molecule has 1 heterocycles. The van der Waals surface area contributed by atoms with Crippen molar-refractivity contribution in [1.82, 2.24) is 4.90 Å². The van der Waals surface area contributed by atoms with Crippen molar-refractivity contribution in [2.24, 2.45) is 4.99 Å². The van der Waals surface area contributed by atoms with Crippen LogP contribution in [0.3, 0.4) is 0 Å². The molecule has 1 fully saturated rings. The largest absolute Gasteiger partial charge is 0.324 e. The molecule has 5 nitrogen and oxygen atoms in total. The van der Waals surface area contributed by atoms with Gasteiger partial charge in [0.2, 0.25) is 11.8 Å². The topological polar surface area (TPSA) is 61.8 Å². The highest BCUT2D eigenvalue weighted by Gasteiger charge is 2.38. The van der Waals surface area contributed by atoms with Crippen molar-refractivity contribution >= 4 is 40.1 Å². The molecule has 0 spiro atoms. The second kappa shape index (κ2) is 8.84. The first kappa shape index (κ1) is 19.8. The van der Waals surface area contributed by atoms with E-state index in [0.717, 1.165) is 11.3 Å². The van der Waals surface area contributed by atoms with Crippen LogP contribution >= 0.6 is 11.8 Å². The molecular formula is C21H20FN3O2S. The second-order valence-electron chi connectivity index (χ2n) is 6.31. The number of thioether (sulfide) groups is 1. The number of carbonyl (C=O) groups excluding carboxylic acids is 2. The van der Waals surface area contributed by atoms with Gasteiger partial charge in [0.1, 0.15) is 11.1 Å². The lowest BCUT2D eigenvalue weighted by atomic mass is 10.2. The fraction of sp³-hybridized carbons (Fsp3) is 0.190.